The second-order valence-corrected chi connectivity index (χ2v) is 9.51. The number of rotatable bonds is 11. The first-order chi connectivity index (χ1) is 18.3. The smallest absolute Gasteiger partial charge is 0.348 e. The van der Waals surface area contributed by atoms with E-state index in [2.05, 4.69) is 0 Å². The highest BCUT2D eigenvalue weighted by atomic mass is 32.1. The van der Waals surface area contributed by atoms with Crippen LogP contribution in [0.3, 0.4) is 0 Å². The summed E-state index contributed by atoms with van der Waals surface area (Å²) in [5, 5.41) is 9.67. The first-order valence-corrected chi connectivity index (χ1v) is 13.0. The average Bonchev–Trinajstić information content (AvgIpc) is 3.23. The molecule has 0 atom stereocenters. The summed E-state index contributed by atoms with van der Waals surface area (Å²) in [6.45, 7) is 7.75. The first-order valence-electron chi connectivity index (χ1n) is 12.2. The number of nitrogens with zero attached hydrogens (tertiary/aromatic N) is 1. The number of hydrogen-bond donors (Lipinski definition) is 0. The van der Waals surface area contributed by atoms with Gasteiger partial charge in [0.15, 0.2) is 5.78 Å². The number of hydrogen-bond acceptors (Lipinski definition) is 8. The van der Waals surface area contributed by atoms with Gasteiger partial charge in [-0.15, -0.1) is 11.3 Å². The third-order valence-corrected chi connectivity index (χ3v) is 6.89. The van der Waals surface area contributed by atoms with E-state index in [0.29, 0.717) is 28.4 Å². The minimum atomic E-state index is -0.622. The summed E-state index contributed by atoms with van der Waals surface area (Å²) in [5.74, 6) is -1.01. The summed E-state index contributed by atoms with van der Waals surface area (Å²) in [4.78, 5) is 38.6. The Kier molecular flexibility index (Phi) is 9.97. The van der Waals surface area contributed by atoms with Crippen LogP contribution < -0.4 is 4.74 Å². The van der Waals surface area contributed by atoms with Crippen LogP contribution in [0.1, 0.15) is 61.0 Å². The quantitative estimate of drug-likeness (QED) is 0.169. The number of Topliss-reactive ketones (excluding diaryl/α,β-unsaturated/α-hetero) is 1. The highest BCUT2D eigenvalue weighted by Gasteiger charge is 2.28. The maximum Gasteiger partial charge on any atom is 0.348 e. The zero-order valence-corrected chi connectivity index (χ0v) is 22.6. The molecule has 0 amide bonds. The molecule has 0 saturated heterocycles. The predicted octanol–water partition coefficient (Wildman–Crippen LogP) is 6.02. The van der Waals surface area contributed by atoms with Gasteiger partial charge in [0.2, 0.25) is 0 Å². The normalized spacial score (nSPS) is 11.0. The largest absolute Gasteiger partial charge is 0.489 e. The molecule has 1 aromatic heterocycles. The van der Waals surface area contributed by atoms with Gasteiger partial charge in [-0.25, -0.2) is 9.59 Å². The van der Waals surface area contributed by atoms with Crippen LogP contribution in [-0.4, -0.2) is 30.9 Å². The van der Waals surface area contributed by atoms with Gasteiger partial charge >= 0.3 is 11.9 Å². The fourth-order valence-electron chi connectivity index (χ4n) is 3.65. The third-order valence-electron chi connectivity index (χ3n) is 5.62. The summed E-state index contributed by atoms with van der Waals surface area (Å²) in [5.41, 5.74) is 3.38. The Balaban J connectivity index is 1.77. The van der Waals surface area contributed by atoms with Crippen molar-refractivity contribution in [1.82, 2.24) is 0 Å². The predicted molar refractivity (Wildman–Crippen MR) is 145 cm³/mol. The molecule has 0 spiro atoms. The Morgan fingerprint density at radius 2 is 1.55 bits per heavy atom. The van der Waals surface area contributed by atoms with Gasteiger partial charge in [-0.3, -0.25) is 4.79 Å². The van der Waals surface area contributed by atoms with E-state index >= 15 is 0 Å². The number of carbonyl (C=O) groups excluding carboxylic acids is 3. The summed E-state index contributed by atoms with van der Waals surface area (Å²) in [6.07, 6.45) is 1.26. The molecule has 7 nitrogen and oxygen atoms in total. The van der Waals surface area contributed by atoms with Crippen molar-refractivity contribution in [3.8, 4) is 11.8 Å². The van der Waals surface area contributed by atoms with Crippen LogP contribution in [-0.2, 0) is 27.3 Å². The molecule has 0 fully saturated rings. The number of carbonyl (C=O) groups is 3. The van der Waals surface area contributed by atoms with Crippen LogP contribution >= 0.6 is 11.3 Å². The van der Waals surface area contributed by atoms with Crippen LogP contribution in [0.2, 0.25) is 0 Å². The molecule has 8 heteroatoms. The average molecular weight is 532 g/mol. The summed E-state index contributed by atoms with van der Waals surface area (Å²) in [6, 6.07) is 17.1. The number of allylic oxidation sites excluding steroid dienone is 1. The van der Waals surface area contributed by atoms with E-state index in [0.717, 1.165) is 16.9 Å². The Morgan fingerprint density at radius 3 is 2.16 bits per heavy atom. The molecule has 0 radical (unpaired) electrons. The fourth-order valence-corrected chi connectivity index (χ4v) is 4.84. The lowest BCUT2D eigenvalue weighted by molar-refractivity contribution is -0.114. The second-order valence-electron chi connectivity index (χ2n) is 8.41. The van der Waals surface area contributed by atoms with Gasteiger partial charge in [0.05, 0.1) is 24.4 Å². The second kappa shape index (κ2) is 13.4. The van der Waals surface area contributed by atoms with Crippen LogP contribution in [0.25, 0.3) is 6.08 Å². The molecule has 38 heavy (non-hydrogen) atoms. The van der Waals surface area contributed by atoms with Gasteiger partial charge in [0.1, 0.15) is 23.3 Å². The van der Waals surface area contributed by atoms with Crippen molar-refractivity contribution >= 4 is 35.1 Å². The molecule has 3 aromatic rings. The summed E-state index contributed by atoms with van der Waals surface area (Å²) >= 11 is 1.01. The standard InChI is InChI=1S/C30H29NO6S/c1-5-35-29(33)27-20(4)28(30(34)36-6-2)38-26(27)16-25(32)23(17-31)15-21-11-13-24(14-12-21)37-18-22-9-7-19(3)8-10-22/h7-15H,5-6,16,18H2,1-4H3/b23-15+. The van der Waals surface area contributed by atoms with E-state index in [9.17, 15) is 19.6 Å². The van der Waals surface area contributed by atoms with Crippen molar-refractivity contribution in [2.45, 2.75) is 40.7 Å². The van der Waals surface area contributed by atoms with Crippen molar-refractivity contribution < 1.29 is 28.6 Å². The maximum absolute atomic E-state index is 13.1. The summed E-state index contributed by atoms with van der Waals surface area (Å²) in [7, 11) is 0. The van der Waals surface area contributed by atoms with Crippen molar-refractivity contribution in [2.24, 2.45) is 0 Å². The fraction of sp³-hybridized carbons (Fsp3) is 0.267. The molecule has 0 aliphatic rings. The minimum absolute atomic E-state index is 0.0723. The topological polar surface area (TPSA) is 103 Å². The Hall–Kier alpha value is -4.22. The molecule has 2 aromatic carbocycles. The van der Waals surface area contributed by atoms with Gasteiger partial charge in [-0.05, 0) is 62.6 Å². The molecular weight excluding hydrogens is 502 g/mol. The van der Waals surface area contributed by atoms with Gasteiger partial charge in [0, 0.05) is 11.3 Å². The lowest BCUT2D eigenvalue weighted by Crippen LogP contribution is -2.12. The van der Waals surface area contributed by atoms with Crippen LogP contribution in [0.4, 0.5) is 0 Å². The monoisotopic (exact) mass is 531 g/mol. The minimum Gasteiger partial charge on any atom is -0.489 e. The molecule has 0 saturated carbocycles. The third kappa shape index (κ3) is 7.17. The number of aryl methyl sites for hydroxylation is 1. The Bertz CT molecular complexity index is 1380. The van der Waals surface area contributed by atoms with Gasteiger partial charge < -0.3 is 14.2 Å². The van der Waals surface area contributed by atoms with Crippen molar-refractivity contribution in [3.05, 3.63) is 91.7 Å². The molecule has 0 N–H and O–H groups in total. The molecule has 196 valence electrons. The molecule has 0 bridgehead atoms. The Labute approximate surface area is 226 Å². The zero-order chi connectivity index (χ0) is 27.7. The highest BCUT2D eigenvalue weighted by Crippen LogP contribution is 2.31. The van der Waals surface area contributed by atoms with E-state index in [4.69, 9.17) is 14.2 Å². The Morgan fingerprint density at radius 1 is 0.921 bits per heavy atom. The van der Waals surface area contributed by atoms with Crippen LogP contribution in [0.15, 0.2) is 54.1 Å². The molecule has 0 aliphatic heterocycles. The summed E-state index contributed by atoms with van der Waals surface area (Å²) < 4.78 is 16.0. The van der Waals surface area contributed by atoms with Crippen molar-refractivity contribution in [2.75, 3.05) is 13.2 Å². The number of esters is 2. The lowest BCUT2D eigenvalue weighted by Gasteiger charge is -2.07. The van der Waals surface area contributed by atoms with Crippen LogP contribution in [0, 0.1) is 25.2 Å². The molecule has 1 heterocycles. The maximum atomic E-state index is 13.1. The van der Waals surface area contributed by atoms with Gasteiger partial charge in [0.25, 0.3) is 0 Å². The van der Waals surface area contributed by atoms with E-state index in [1.807, 2.05) is 37.3 Å². The van der Waals surface area contributed by atoms with E-state index < -0.39 is 17.7 Å². The van der Waals surface area contributed by atoms with E-state index in [1.54, 1.807) is 45.0 Å². The van der Waals surface area contributed by atoms with Gasteiger partial charge in [-0.2, -0.15) is 5.26 Å². The van der Waals surface area contributed by atoms with Gasteiger partial charge in [-0.1, -0.05) is 42.0 Å². The van der Waals surface area contributed by atoms with Crippen molar-refractivity contribution in [3.63, 3.8) is 0 Å². The number of thiophene rings is 1. The van der Waals surface area contributed by atoms with Crippen LogP contribution in [0.5, 0.6) is 5.75 Å². The van der Waals surface area contributed by atoms with E-state index in [-0.39, 0.29) is 35.6 Å². The highest BCUT2D eigenvalue weighted by molar-refractivity contribution is 7.14. The lowest BCUT2D eigenvalue weighted by atomic mass is 10.0. The SMILES string of the molecule is CCOC(=O)c1sc(CC(=O)/C(C#N)=C/c2ccc(OCc3ccc(C)cc3)cc2)c(C(=O)OCC)c1C. The first kappa shape index (κ1) is 28.4. The molecule has 0 aliphatic carbocycles. The zero-order valence-electron chi connectivity index (χ0n) is 21.8. The van der Waals surface area contributed by atoms with E-state index in [1.165, 1.54) is 11.6 Å². The number of ether oxygens (including phenoxy) is 3. The molecular formula is C30H29NO6S. The molecule has 0 unspecified atom stereocenters. The van der Waals surface area contributed by atoms with Crippen molar-refractivity contribution in [1.29, 1.82) is 5.26 Å². The number of benzene rings is 2. The number of nitriles is 1. The number of ketones is 1. The molecule has 3 rings (SSSR count).